The zero-order chi connectivity index (χ0) is 18.2. The lowest BCUT2D eigenvalue weighted by molar-refractivity contribution is -0.119. The van der Waals surface area contributed by atoms with Crippen molar-refractivity contribution in [3.8, 4) is 11.5 Å². The van der Waals surface area contributed by atoms with Crippen molar-refractivity contribution in [1.29, 1.82) is 0 Å². The van der Waals surface area contributed by atoms with Gasteiger partial charge in [-0.15, -0.1) is 0 Å². The van der Waals surface area contributed by atoms with Crippen molar-refractivity contribution in [3.63, 3.8) is 0 Å². The fraction of sp³-hybridized carbons (Fsp3) is 0.278. The molecule has 25 heavy (non-hydrogen) atoms. The van der Waals surface area contributed by atoms with E-state index in [1.807, 2.05) is 18.2 Å². The number of nitrogens with one attached hydrogen (secondary N) is 2. The molecule has 1 amide bonds. The topological polar surface area (TPSA) is 59.6 Å². The number of halogens is 2. The van der Waals surface area contributed by atoms with E-state index < -0.39 is 0 Å². The summed E-state index contributed by atoms with van der Waals surface area (Å²) in [4.78, 5) is 11.9. The third-order valence-electron chi connectivity index (χ3n) is 3.55. The molecule has 2 rings (SSSR count). The Morgan fingerprint density at radius 3 is 2.48 bits per heavy atom. The maximum Gasteiger partial charge on any atom is 0.239 e. The molecule has 0 bridgehead atoms. The van der Waals surface area contributed by atoms with Crippen molar-refractivity contribution in [2.75, 3.05) is 32.6 Å². The summed E-state index contributed by atoms with van der Waals surface area (Å²) in [6.07, 6.45) is 0.688. The summed E-state index contributed by atoms with van der Waals surface area (Å²) in [6.45, 7) is 0.650. The Morgan fingerprint density at radius 1 is 1.04 bits per heavy atom. The SMILES string of the molecule is COc1ccc(CCNC(=O)CNc2ccc(Cl)cc2Cl)cc1OC. The summed E-state index contributed by atoms with van der Waals surface area (Å²) in [5, 5.41) is 6.87. The van der Waals surface area contributed by atoms with E-state index in [4.69, 9.17) is 32.7 Å². The van der Waals surface area contributed by atoms with Gasteiger partial charge in [-0.2, -0.15) is 0 Å². The molecule has 2 N–H and O–H groups in total. The second-order valence-corrected chi connectivity index (χ2v) is 6.11. The zero-order valence-electron chi connectivity index (χ0n) is 14.1. The first-order valence-corrected chi connectivity index (χ1v) is 8.45. The van der Waals surface area contributed by atoms with Crippen LogP contribution in [-0.2, 0) is 11.2 Å². The Bertz CT molecular complexity index is 738. The van der Waals surface area contributed by atoms with E-state index in [0.29, 0.717) is 40.2 Å². The number of rotatable bonds is 8. The Balaban J connectivity index is 1.78. The minimum atomic E-state index is -0.119. The van der Waals surface area contributed by atoms with Crippen LogP contribution < -0.4 is 20.1 Å². The second kappa shape index (κ2) is 9.39. The molecule has 0 radical (unpaired) electrons. The molecular weight excluding hydrogens is 363 g/mol. The van der Waals surface area contributed by atoms with Gasteiger partial charge in [-0.3, -0.25) is 4.79 Å². The first-order valence-electron chi connectivity index (χ1n) is 7.70. The lowest BCUT2D eigenvalue weighted by atomic mass is 10.1. The quantitative estimate of drug-likeness (QED) is 0.729. The molecule has 2 aromatic rings. The number of amides is 1. The van der Waals surface area contributed by atoms with Crippen molar-refractivity contribution < 1.29 is 14.3 Å². The van der Waals surface area contributed by atoms with Gasteiger partial charge in [0.15, 0.2) is 11.5 Å². The second-order valence-electron chi connectivity index (χ2n) is 5.27. The van der Waals surface area contributed by atoms with Crippen LogP contribution in [0.5, 0.6) is 11.5 Å². The molecule has 0 unspecified atom stereocenters. The van der Waals surface area contributed by atoms with Gasteiger partial charge >= 0.3 is 0 Å². The van der Waals surface area contributed by atoms with Crippen molar-refractivity contribution in [2.45, 2.75) is 6.42 Å². The van der Waals surface area contributed by atoms with Crippen molar-refractivity contribution in [3.05, 3.63) is 52.0 Å². The predicted molar refractivity (Wildman–Crippen MR) is 101 cm³/mol. The van der Waals surface area contributed by atoms with Gasteiger partial charge in [0.05, 0.1) is 31.5 Å². The number of hydrogen-bond donors (Lipinski definition) is 2. The lowest BCUT2D eigenvalue weighted by Crippen LogP contribution is -2.31. The van der Waals surface area contributed by atoms with Gasteiger partial charge in [0.1, 0.15) is 0 Å². The summed E-state index contributed by atoms with van der Waals surface area (Å²) in [7, 11) is 3.19. The Labute approximate surface area is 157 Å². The molecule has 0 saturated heterocycles. The van der Waals surface area contributed by atoms with Crippen molar-refractivity contribution in [2.24, 2.45) is 0 Å². The van der Waals surface area contributed by atoms with E-state index in [1.165, 1.54) is 0 Å². The number of anilines is 1. The van der Waals surface area contributed by atoms with E-state index in [-0.39, 0.29) is 12.5 Å². The van der Waals surface area contributed by atoms with Crippen LogP contribution in [0.25, 0.3) is 0 Å². The fourth-order valence-corrected chi connectivity index (χ4v) is 2.73. The first-order chi connectivity index (χ1) is 12.0. The molecule has 0 aliphatic rings. The highest BCUT2D eigenvalue weighted by Crippen LogP contribution is 2.27. The Morgan fingerprint density at radius 2 is 1.80 bits per heavy atom. The molecule has 7 heteroatoms. The van der Waals surface area contributed by atoms with Crippen molar-refractivity contribution >= 4 is 34.8 Å². The monoisotopic (exact) mass is 382 g/mol. The summed E-state index contributed by atoms with van der Waals surface area (Å²) in [5.41, 5.74) is 1.72. The van der Waals surface area contributed by atoms with Crippen LogP contribution in [0.15, 0.2) is 36.4 Å². The smallest absolute Gasteiger partial charge is 0.239 e. The van der Waals surface area contributed by atoms with Crippen LogP contribution in [0.4, 0.5) is 5.69 Å². The Hall–Kier alpha value is -2.11. The standard InChI is InChI=1S/C18H20Cl2N2O3/c1-24-16-6-3-12(9-17(16)25-2)7-8-21-18(23)11-22-15-5-4-13(19)10-14(15)20/h3-6,9-10,22H,7-8,11H2,1-2H3,(H,21,23). The number of carbonyl (C=O) groups is 1. The van der Waals surface area contributed by atoms with Gasteiger partial charge in [-0.25, -0.2) is 0 Å². The van der Waals surface area contributed by atoms with Crippen LogP contribution in [0.2, 0.25) is 10.0 Å². The van der Waals surface area contributed by atoms with Gasteiger partial charge < -0.3 is 20.1 Å². The van der Waals surface area contributed by atoms with Gasteiger partial charge in [-0.1, -0.05) is 29.3 Å². The van der Waals surface area contributed by atoms with Gasteiger partial charge in [0.2, 0.25) is 5.91 Å². The fourth-order valence-electron chi connectivity index (χ4n) is 2.25. The van der Waals surface area contributed by atoms with Crippen molar-refractivity contribution in [1.82, 2.24) is 5.32 Å². The Kier molecular flexibility index (Phi) is 7.22. The highest BCUT2D eigenvalue weighted by atomic mass is 35.5. The maximum atomic E-state index is 11.9. The number of methoxy groups -OCH3 is 2. The number of carbonyl (C=O) groups excluding carboxylic acids is 1. The van der Waals surface area contributed by atoms with Crippen LogP contribution in [0.1, 0.15) is 5.56 Å². The molecule has 2 aromatic carbocycles. The van der Waals surface area contributed by atoms with Crippen LogP contribution in [-0.4, -0.2) is 33.2 Å². The normalized spacial score (nSPS) is 10.2. The molecule has 0 heterocycles. The van der Waals surface area contributed by atoms with E-state index in [1.54, 1.807) is 32.4 Å². The van der Waals surface area contributed by atoms with E-state index in [0.717, 1.165) is 5.56 Å². The number of benzene rings is 2. The number of ether oxygens (including phenoxy) is 2. The maximum absolute atomic E-state index is 11.9. The molecule has 0 saturated carbocycles. The van der Waals surface area contributed by atoms with E-state index in [9.17, 15) is 4.79 Å². The summed E-state index contributed by atoms with van der Waals surface area (Å²) >= 11 is 11.9. The highest BCUT2D eigenvalue weighted by molar-refractivity contribution is 6.36. The van der Waals surface area contributed by atoms with Crippen LogP contribution >= 0.6 is 23.2 Å². The first kappa shape index (κ1) is 19.2. The number of hydrogen-bond acceptors (Lipinski definition) is 4. The van der Waals surface area contributed by atoms with E-state index in [2.05, 4.69) is 10.6 Å². The molecule has 0 fully saturated rings. The lowest BCUT2D eigenvalue weighted by Gasteiger charge is -2.11. The summed E-state index contributed by atoms with van der Waals surface area (Å²) in [6, 6.07) is 10.8. The average molecular weight is 383 g/mol. The van der Waals surface area contributed by atoms with Crippen LogP contribution in [0.3, 0.4) is 0 Å². The largest absolute Gasteiger partial charge is 0.493 e. The average Bonchev–Trinajstić information content (AvgIpc) is 2.60. The summed E-state index contributed by atoms with van der Waals surface area (Å²) < 4.78 is 10.5. The van der Waals surface area contributed by atoms with E-state index >= 15 is 0 Å². The predicted octanol–water partition coefficient (Wildman–Crippen LogP) is 3.78. The highest BCUT2D eigenvalue weighted by Gasteiger charge is 2.06. The molecule has 0 spiro atoms. The minimum Gasteiger partial charge on any atom is -0.493 e. The minimum absolute atomic E-state index is 0.119. The third kappa shape index (κ3) is 5.73. The molecule has 0 aliphatic carbocycles. The van der Waals surface area contributed by atoms with Crippen LogP contribution in [0, 0.1) is 0 Å². The van der Waals surface area contributed by atoms with Gasteiger partial charge in [0, 0.05) is 11.6 Å². The summed E-state index contributed by atoms with van der Waals surface area (Å²) in [5.74, 6) is 1.23. The molecule has 0 atom stereocenters. The molecule has 0 aromatic heterocycles. The molecular formula is C18H20Cl2N2O3. The molecule has 5 nitrogen and oxygen atoms in total. The molecule has 0 aliphatic heterocycles. The third-order valence-corrected chi connectivity index (χ3v) is 4.10. The van der Waals surface area contributed by atoms with Gasteiger partial charge in [-0.05, 0) is 42.3 Å². The van der Waals surface area contributed by atoms with Gasteiger partial charge in [0.25, 0.3) is 0 Å². The zero-order valence-corrected chi connectivity index (χ0v) is 15.6. The molecule has 134 valence electrons.